The topological polar surface area (TPSA) is 32.5 Å². The summed E-state index contributed by atoms with van der Waals surface area (Å²) >= 11 is 0. The molecule has 110 valence electrons. The van der Waals surface area contributed by atoms with E-state index in [1.165, 1.54) is 45.2 Å². The fraction of sp³-hybridized carbons (Fsp3) is 1.00. The van der Waals surface area contributed by atoms with Gasteiger partial charge in [0, 0.05) is 43.3 Å². The summed E-state index contributed by atoms with van der Waals surface area (Å²) < 4.78 is 0. The van der Waals surface area contributed by atoms with Gasteiger partial charge in [0.05, 0.1) is 0 Å². The first-order valence-electron chi connectivity index (χ1n) is 8.28. The maximum absolute atomic E-state index is 6.29. The van der Waals surface area contributed by atoms with E-state index in [1.807, 2.05) is 0 Å². The van der Waals surface area contributed by atoms with Crippen LogP contribution in [0.1, 0.15) is 52.9 Å². The summed E-state index contributed by atoms with van der Waals surface area (Å²) in [4.78, 5) is 5.55. The van der Waals surface area contributed by atoms with Crippen molar-refractivity contribution in [3.8, 4) is 0 Å². The Morgan fingerprint density at radius 3 is 2.42 bits per heavy atom. The van der Waals surface area contributed by atoms with Crippen molar-refractivity contribution in [3.63, 3.8) is 0 Å². The Morgan fingerprint density at radius 1 is 1.26 bits per heavy atom. The van der Waals surface area contributed by atoms with Crippen LogP contribution < -0.4 is 5.73 Å². The molecule has 19 heavy (non-hydrogen) atoms. The lowest BCUT2D eigenvalue weighted by Gasteiger charge is -2.42. The van der Waals surface area contributed by atoms with Crippen LogP contribution in [-0.2, 0) is 0 Å². The zero-order valence-corrected chi connectivity index (χ0v) is 12.9. The first-order chi connectivity index (χ1) is 9.05. The number of hydrogen-bond acceptors (Lipinski definition) is 3. The van der Waals surface area contributed by atoms with Crippen molar-refractivity contribution in [1.82, 2.24) is 9.80 Å². The van der Waals surface area contributed by atoms with E-state index in [1.54, 1.807) is 0 Å². The smallest absolute Gasteiger partial charge is 0.0476 e. The van der Waals surface area contributed by atoms with Crippen molar-refractivity contribution in [2.24, 2.45) is 11.7 Å². The number of rotatable bonds is 6. The Bertz CT molecular complexity index is 322. The Labute approximate surface area is 118 Å². The minimum Gasteiger partial charge on any atom is -0.329 e. The summed E-state index contributed by atoms with van der Waals surface area (Å²) in [5, 5.41) is 0. The largest absolute Gasteiger partial charge is 0.329 e. The van der Waals surface area contributed by atoms with E-state index >= 15 is 0 Å². The summed E-state index contributed by atoms with van der Waals surface area (Å²) in [6.07, 6.45) is 6.90. The molecule has 2 saturated carbocycles. The quantitative estimate of drug-likeness (QED) is 0.798. The number of nitrogens with two attached hydrogens (primary N) is 1. The van der Waals surface area contributed by atoms with Crippen molar-refractivity contribution < 1.29 is 0 Å². The Kier molecular flexibility index (Phi) is 3.65. The molecule has 2 atom stereocenters. The summed E-state index contributed by atoms with van der Waals surface area (Å²) in [7, 11) is 0. The Hall–Kier alpha value is -0.120. The van der Waals surface area contributed by atoms with Crippen LogP contribution in [0.4, 0.5) is 0 Å². The van der Waals surface area contributed by atoms with Crippen LogP contribution in [-0.4, -0.2) is 53.1 Å². The Morgan fingerprint density at radius 2 is 1.95 bits per heavy atom. The molecule has 0 aromatic carbocycles. The average molecular weight is 265 g/mol. The second-order valence-electron chi connectivity index (χ2n) is 7.66. The van der Waals surface area contributed by atoms with Gasteiger partial charge < -0.3 is 5.73 Å². The van der Waals surface area contributed by atoms with Crippen LogP contribution in [0.15, 0.2) is 0 Å². The third kappa shape index (κ3) is 2.70. The van der Waals surface area contributed by atoms with E-state index in [0.717, 1.165) is 30.6 Å². The second kappa shape index (κ2) is 5.01. The van der Waals surface area contributed by atoms with Gasteiger partial charge in [-0.3, -0.25) is 9.80 Å². The van der Waals surface area contributed by atoms with Crippen LogP contribution >= 0.6 is 0 Å². The van der Waals surface area contributed by atoms with E-state index in [0.29, 0.717) is 0 Å². The highest BCUT2D eigenvalue weighted by Gasteiger charge is 2.52. The molecule has 1 saturated heterocycles. The van der Waals surface area contributed by atoms with Crippen molar-refractivity contribution in [2.45, 2.75) is 76.5 Å². The summed E-state index contributed by atoms with van der Waals surface area (Å²) in [6, 6.07) is 2.44. The molecule has 0 radical (unpaired) electrons. The molecule has 0 amide bonds. The zero-order chi connectivity index (χ0) is 13.6. The van der Waals surface area contributed by atoms with Gasteiger partial charge >= 0.3 is 0 Å². The third-order valence-corrected chi connectivity index (χ3v) is 5.27. The zero-order valence-electron chi connectivity index (χ0n) is 12.9. The maximum Gasteiger partial charge on any atom is 0.0476 e. The molecule has 0 aromatic rings. The molecular weight excluding hydrogens is 234 g/mol. The molecule has 2 aliphatic carbocycles. The molecule has 2 unspecified atom stereocenters. The van der Waals surface area contributed by atoms with Gasteiger partial charge in [0.25, 0.3) is 0 Å². The van der Waals surface area contributed by atoms with Crippen molar-refractivity contribution in [1.29, 1.82) is 0 Å². The highest BCUT2D eigenvalue weighted by atomic mass is 15.4. The summed E-state index contributed by atoms with van der Waals surface area (Å²) in [6.45, 7) is 10.4. The number of likely N-dealkylation sites (tertiary alicyclic amines) is 1. The van der Waals surface area contributed by atoms with Gasteiger partial charge in [-0.2, -0.15) is 0 Å². The first kappa shape index (κ1) is 13.8. The van der Waals surface area contributed by atoms with Crippen LogP contribution in [0, 0.1) is 5.92 Å². The highest BCUT2D eigenvalue weighted by Crippen LogP contribution is 2.43. The van der Waals surface area contributed by atoms with Gasteiger partial charge in [0.15, 0.2) is 0 Å². The molecule has 0 spiro atoms. The number of nitrogens with zero attached hydrogens (tertiary/aromatic N) is 2. The van der Waals surface area contributed by atoms with Crippen LogP contribution in [0.2, 0.25) is 0 Å². The maximum atomic E-state index is 6.29. The van der Waals surface area contributed by atoms with Crippen LogP contribution in [0.5, 0.6) is 0 Å². The second-order valence-corrected chi connectivity index (χ2v) is 7.66. The summed E-state index contributed by atoms with van der Waals surface area (Å²) in [5.74, 6) is 0.745. The monoisotopic (exact) mass is 265 g/mol. The molecular formula is C16H31N3. The van der Waals surface area contributed by atoms with Gasteiger partial charge in [-0.05, 0) is 44.9 Å². The van der Waals surface area contributed by atoms with E-state index in [9.17, 15) is 0 Å². The molecule has 1 heterocycles. The van der Waals surface area contributed by atoms with Gasteiger partial charge in [0.1, 0.15) is 0 Å². The lowest BCUT2D eigenvalue weighted by atomic mass is 9.92. The average Bonchev–Trinajstić information content (AvgIpc) is 3.24. The van der Waals surface area contributed by atoms with Gasteiger partial charge in [-0.15, -0.1) is 0 Å². The lowest BCUT2D eigenvalue weighted by molar-refractivity contribution is 0.0758. The molecule has 3 aliphatic rings. The minimum atomic E-state index is 0.271. The van der Waals surface area contributed by atoms with E-state index in [-0.39, 0.29) is 5.54 Å². The fourth-order valence-corrected chi connectivity index (χ4v) is 4.11. The standard InChI is InChI=1S/C16H31N3/c1-12(2)9-19(15-6-7-15)16(10-17)8-13(3)18(11-16)14-4-5-14/h12-15H,4-11,17H2,1-3H3. The fourth-order valence-electron chi connectivity index (χ4n) is 4.11. The van der Waals surface area contributed by atoms with Crippen molar-refractivity contribution >= 4 is 0 Å². The van der Waals surface area contributed by atoms with E-state index in [2.05, 4.69) is 30.6 Å². The molecule has 2 N–H and O–H groups in total. The third-order valence-electron chi connectivity index (χ3n) is 5.27. The molecule has 3 fully saturated rings. The minimum absolute atomic E-state index is 0.271. The van der Waals surface area contributed by atoms with Crippen molar-refractivity contribution in [2.75, 3.05) is 19.6 Å². The number of hydrogen-bond donors (Lipinski definition) is 1. The highest BCUT2D eigenvalue weighted by molar-refractivity contribution is 5.09. The predicted molar refractivity (Wildman–Crippen MR) is 80.2 cm³/mol. The molecule has 1 aliphatic heterocycles. The van der Waals surface area contributed by atoms with Gasteiger partial charge in [-0.1, -0.05) is 13.8 Å². The molecule has 3 rings (SSSR count). The lowest BCUT2D eigenvalue weighted by Crippen LogP contribution is -2.57. The summed E-state index contributed by atoms with van der Waals surface area (Å²) in [5.41, 5.74) is 6.56. The SMILES string of the molecule is CC(C)CN(C1CC1)C1(CN)CC(C)N(C2CC2)C1. The first-order valence-corrected chi connectivity index (χ1v) is 8.28. The molecule has 0 aromatic heterocycles. The molecule has 3 nitrogen and oxygen atoms in total. The molecule has 3 heteroatoms. The van der Waals surface area contributed by atoms with Crippen LogP contribution in [0.25, 0.3) is 0 Å². The molecule has 0 bridgehead atoms. The normalized spacial score (nSPS) is 36.6. The van der Waals surface area contributed by atoms with Gasteiger partial charge in [0.2, 0.25) is 0 Å². The van der Waals surface area contributed by atoms with Crippen molar-refractivity contribution in [3.05, 3.63) is 0 Å². The van der Waals surface area contributed by atoms with Crippen LogP contribution in [0.3, 0.4) is 0 Å². The van der Waals surface area contributed by atoms with E-state index in [4.69, 9.17) is 5.73 Å². The van der Waals surface area contributed by atoms with E-state index < -0.39 is 0 Å². The Balaban J connectivity index is 1.76. The van der Waals surface area contributed by atoms with Gasteiger partial charge in [-0.25, -0.2) is 0 Å². The predicted octanol–water partition coefficient (Wildman–Crippen LogP) is 2.06.